The first-order chi connectivity index (χ1) is 7.75. The molecule has 1 N–H and O–H groups in total. The highest BCUT2D eigenvalue weighted by Crippen LogP contribution is 2.17. The molecule has 1 aromatic carbocycles. The van der Waals surface area contributed by atoms with E-state index in [-0.39, 0.29) is 5.82 Å². The summed E-state index contributed by atoms with van der Waals surface area (Å²) in [7, 11) is 0. The first kappa shape index (κ1) is 11.6. The highest BCUT2D eigenvalue weighted by atomic mass is 19.1. The zero-order valence-electron chi connectivity index (χ0n) is 9.40. The van der Waals surface area contributed by atoms with Gasteiger partial charge < -0.3 is 10.0 Å². The second kappa shape index (κ2) is 5.41. The lowest BCUT2D eigenvalue weighted by atomic mass is 10.1. The Morgan fingerprint density at radius 3 is 2.38 bits per heavy atom. The lowest BCUT2D eigenvalue weighted by Gasteiger charge is -2.28. The van der Waals surface area contributed by atoms with Crippen LogP contribution in [0.1, 0.15) is 30.9 Å². The molecular weight excluding hydrogens is 205 g/mol. The van der Waals surface area contributed by atoms with Gasteiger partial charge in [-0.1, -0.05) is 18.6 Å². The molecule has 0 radical (unpaired) electrons. The van der Waals surface area contributed by atoms with E-state index in [1.54, 1.807) is 12.1 Å². The highest BCUT2D eigenvalue weighted by molar-refractivity contribution is 5.18. The van der Waals surface area contributed by atoms with Gasteiger partial charge in [0.1, 0.15) is 5.82 Å². The Balaban J connectivity index is 1.91. The molecule has 1 unspecified atom stereocenters. The Bertz CT molecular complexity index is 319. The topological polar surface area (TPSA) is 23.5 Å². The van der Waals surface area contributed by atoms with Crippen molar-refractivity contribution in [3.05, 3.63) is 35.6 Å². The van der Waals surface area contributed by atoms with Crippen molar-refractivity contribution in [3.8, 4) is 0 Å². The van der Waals surface area contributed by atoms with Gasteiger partial charge in [-0.25, -0.2) is 4.39 Å². The van der Waals surface area contributed by atoms with Crippen molar-refractivity contribution in [2.24, 2.45) is 0 Å². The maximum absolute atomic E-state index is 12.7. The van der Waals surface area contributed by atoms with Crippen molar-refractivity contribution in [2.75, 3.05) is 19.6 Å². The number of nitrogens with zero attached hydrogens (tertiary/aromatic N) is 1. The predicted octanol–water partition coefficient (Wildman–Crippen LogP) is 2.35. The Labute approximate surface area is 95.7 Å². The first-order valence-electron chi connectivity index (χ1n) is 5.91. The Morgan fingerprint density at radius 2 is 1.75 bits per heavy atom. The van der Waals surface area contributed by atoms with Crippen LogP contribution in [0.15, 0.2) is 24.3 Å². The molecule has 0 aliphatic carbocycles. The molecule has 1 heterocycles. The third kappa shape index (κ3) is 3.03. The van der Waals surface area contributed by atoms with Crippen LogP contribution in [0.3, 0.4) is 0 Å². The van der Waals surface area contributed by atoms with E-state index in [0.29, 0.717) is 6.54 Å². The van der Waals surface area contributed by atoms with E-state index in [9.17, 15) is 9.50 Å². The van der Waals surface area contributed by atoms with E-state index >= 15 is 0 Å². The van der Waals surface area contributed by atoms with Crippen LogP contribution in [0.25, 0.3) is 0 Å². The summed E-state index contributed by atoms with van der Waals surface area (Å²) in [5.41, 5.74) is 0.798. The fraction of sp³-hybridized carbons (Fsp3) is 0.538. The average Bonchev–Trinajstić information content (AvgIpc) is 2.31. The molecule has 16 heavy (non-hydrogen) atoms. The van der Waals surface area contributed by atoms with Crippen LogP contribution in [-0.4, -0.2) is 29.6 Å². The third-order valence-corrected chi connectivity index (χ3v) is 3.13. The molecule has 88 valence electrons. The smallest absolute Gasteiger partial charge is 0.123 e. The number of rotatable bonds is 3. The van der Waals surface area contributed by atoms with Gasteiger partial charge in [0.15, 0.2) is 0 Å². The van der Waals surface area contributed by atoms with Gasteiger partial charge in [0.05, 0.1) is 6.10 Å². The summed E-state index contributed by atoms with van der Waals surface area (Å²) in [6, 6.07) is 6.11. The molecule has 2 nitrogen and oxygen atoms in total. The van der Waals surface area contributed by atoms with E-state index in [0.717, 1.165) is 18.7 Å². The monoisotopic (exact) mass is 223 g/mol. The zero-order chi connectivity index (χ0) is 11.4. The molecule has 0 saturated carbocycles. The van der Waals surface area contributed by atoms with E-state index in [1.807, 2.05) is 0 Å². The van der Waals surface area contributed by atoms with Gasteiger partial charge in [0.2, 0.25) is 0 Å². The summed E-state index contributed by atoms with van der Waals surface area (Å²) >= 11 is 0. The number of β-amino-alcohol motifs (C(OH)–C–C–N with tert-alkyl or cyclic N) is 1. The molecule has 3 heteroatoms. The average molecular weight is 223 g/mol. The van der Waals surface area contributed by atoms with E-state index in [4.69, 9.17) is 0 Å². The molecular formula is C13H18FNO. The summed E-state index contributed by atoms with van der Waals surface area (Å²) in [6.07, 6.45) is 3.23. The van der Waals surface area contributed by atoms with Crippen LogP contribution in [0.4, 0.5) is 4.39 Å². The number of hydrogen-bond acceptors (Lipinski definition) is 2. The fourth-order valence-corrected chi connectivity index (χ4v) is 2.18. The Morgan fingerprint density at radius 1 is 1.12 bits per heavy atom. The summed E-state index contributed by atoms with van der Waals surface area (Å²) < 4.78 is 12.7. The first-order valence-corrected chi connectivity index (χ1v) is 5.91. The molecule has 2 rings (SSSR count). The minimum atomic E-state index is -0.501. The number of benzene rings is 1. The van der Waals surface area contributed by atoms with Crippen molar-refractivity contribution in [2.45, 2.75) is 25.4 Å². The molecule has 0 spiro atoms. The van der Waals surface area contributed by atoms with Gasteiger partial charge in [-0.2, -0.15) is 0 Å². The molecule has 1 aromatic rings. The van der Waals surface area contributed by atoms with Crippen molar-refractivity contribution in [1.29, 1.82) is 0 Å². The molecule has 1 fully saturated rings. The molecule has 1 atom stereocenters. The van der Waals surface area contributed by atoms with Gasteiger partial charge >= 0.3 is 0 Å². The molecule has 1 aliphatic rings. The standard InChI is InChI=1S/C13H18FNO/c14-12-6-4-11(5-7-12)13(16)10-15-8-2-1-3-9-15/h4-7,13,16H,1-3,8-10H2. The molecule has 0 bridgehead atoms. The minimum absolute atomic E-state index is 0.256. The largest absolute Gasteiger partial charge is 0.387 e. The molecule has 1 aliphatic heterocycles. The van der Waals surface area contributed by atoms with Crippen molar-refractivity contribution < 1.29 is 9.50 Å². The third-order valence-electron chi connectivity index (χ3n) is 3.13. The van der Waals surface area contributed by atoms with Crippen LogP contribution in [-0.2, 0) is 0 Å². The van der Waals surface area contributed by atoms with Crippen LogP contribution in [0.5, 0.6) is 0 Å². The fourth-order valence-electron chi connectivity index (χ4n) is 2.18. The summed E-state index contributed by atoms with van der Waals surface area (Å²) in [5, 5.41) is 10.00. The van der Waals surface area contributed by atoms with Gasteiger partial charge in [-0.3, -0.25) is 0 Å². The molecule has 1 saturated heterocycles. The van der Waals surface area contributed by atoms with Crippen LogP contribution in [0, 0.1) is 5.82 Å². The normalized spacial score (nSPS) is 19.6. The SMILES string of the molecule is OC(CN1CCCCC1)c1ccc(F)cc1. The lowest BCUT2D eigenvalue weighted by Crippen LogP contribution is -2.33. The highest BCUT2D eigenvalue weighted by Gasteiger charge is 2.15. The van der Waals surface area contributed by atoms with Crippen LogP contribution in [0.2, 0.25) is 0 Å². The van der Waals surface area contributed by atoms with E-state index in [2.05, 4.69) is 4.90 Å². The number of aliphatic hydroxyl groups is 1. The second-order valence-electron chi connectivity index (χ2n) is 4.43. The minimum Gasteiger partial charge on any atom is -0.387 e. The maximum Gasteiger partial charge on any atom is 0.123 e. The summed E-state index contributed by atoms with van der Waals surface area (Å²) in [5.74, 6) is -0.256. The van der Waals surface area contributed by atoms with Crippen molar-refractivity contribution in [3.63, 3.8) is 0 Å². The number of hydrogen-bond donors (Lipinski definition) is 1. The summed E-state index contributed by atoms with van der Waals surface area (Å²) in [6.45, 7) is 2.79. The van der Waals surface area contributed by atoms with Gasteiger partial charge in [-0.05, 0) is 43.6 Å². The van der Waals surface area contributed by atoms with E-state index in [1.165, 1.54) is 31.4 Å². The number of likely N-dealkylation sites (tertiary alicyclic amines) is 1. The predicted molar refractivity (Wildman–Crippen MR) is 61.7 cm³/mol. The van der Waals surface area contributed by atoms with Gasteiger partial charge in [0, 0.05) is 6.54 Å². The van der Waals surface area contributed by atoms with Crippen molar-refractivity contribution in [1.82, 2.24) is 4.90 Å². The number of piperidine rings is 1. The molecule has 0 amide bonds. The van der Waals surface area contributed by atoms with Crippen LogP contribution >= 0.6 is 0 Å². The maximum atomic E-state index is 12.7. The Hall–Kier alpha value is -0.930. The molecule has 0 aromatic heterocycles. The van der Waals surface area contributed by atoms with Crippen molar-refractivity contribution >= 4 is 0 Å². The summed E-state index contributed by atoms with van der Waals surface area (Å²) in [4.78, 5) is 2.28. The van der Waals surface area contributed by atoms with Gasteiger partial charge in [-0.15, -0.1) is 0 Å². The lowest BCUT2D eigenvalue weighted by molar-refractivity contribution is 0.101. The van der Waals surface area contributed by atoms with E-state index < -0.39 is 6.10 Å². The second-order valence-corrected chi connectivity index (χ2v) is 4.43. The number of halogens is 1. The zero-order valence-corrected chi connectivity index (χ0v) is 9.40. The Kier molecular flexibility index (Phi) is 3.91. The van der Waals surface area contributed by atoms with Crippen LogP contribution < -0.4 is 0 Å². The van der Waals surface area contributed by atoms with Gasteiger partial charge in [0.25, 0.3) is 0 Å². The number of aliphatic hydroxyl groups excluding tert-OH is 1. The quantitative estimate of drug-likeness (QED) is 0.850.